The average Bonchev–Trinajstić information content (AvgIpc) is 3.27. The molecule has 0 spiro atoms. The Morgan fingerprint density at radius 2 is 1.40 bits per heavy atom. The molecule has 0 heterocycles. The van der Waals surface area contributed by atoms with Crippen molar-refractivity contribution in [3.8, 4) is 0 Å². The fourth-order valence-corrected chi connectivity index (χ4v) is 3.89. The minimum Gasteiger partial charge on any atom is -0.372 e. The van der Waals surface area contributed by atoms with Gasteiger partial charge in [-0.25, -0.2) is 0 Å². The van der Waals surface area contributed by atoms with Gasteiger partial charge in [-0.3, -0.25) is 4.79 Å². The van der Waals surface area contributed by atoms with Crippen LogP contribution in [0.15, 0.2) is 103 Å². The van der Waals surface area contributed by atoms with E-state index in [-0.39, 0.29) is 11.9 Å². The third-order valence-electron chi connectivity index (χ3n) is 5.49. The Bertz CT molecular complexity index is 968. The Labute approximate surface area is 178 Å². The molecule has 1 amide bonds. The number of rotatable bonds is 8. The van der Waals surface area contributed by atoms with E-state index in [2.05, 4.69) is 30.3 Å². The van der Waals surface area contributed by atoms with Gasteiger partial charge < -0.3 is 9.64 Å². The minimum absolute atomic E-state index is 0.0873. The Morgan fingerprint density at radius 1 is 0.800 bits per heavy atom. The molecule has 0 bridgehead atoms. The van der Waals surface area contributed by atoms with Crippen LogP contribution in [-0.4, -0.2) is 23.5 Å². The quantitative estimate of drug-likeness (QED) is 0.461. The van der Waals surface area contributed by atoms with Crippen LogP contribution in [0.25, 0.3) is 0 Å². The van der Waals surface area contributed by atoms with Crippen molar-refractivity contribution in [3.05, 3.63) is 119 Å². The summed E-state index contributed by atoms with van der Waals surface area (Å²) in [5, 5.41) is 0. The molecular formula is C27H27NO2. The second kappa shape index (κ2) is 10.0. The number of carbonyl (C=O) groups excluding carboxylic acids is 1. The molecule has 0 fully saturated rings. The first-order chi connectivity index (χ1) is 14.8. The monoisotopic (exact) mass is 397 g/mol. The van der Waals surface area contributed by atoms with Crippen LogP contribution < -0.4 is 0 Å². The molecule has 0 radical (unpaired) electrons. The van der Waals surface area contributed by atoms with Gasteiger partial charge in [-0.2, -0.15) is 0 Å². The summed E-state index contributed by atoms with van der Waals surface area (Å²) >= 11 is 0. The van der Waals surface area contributed by atoms with Crippen molar-refractivity contribution in [3.63, 3.8) is 0 Å². The first-order valence-electron chi connectivity index (χ1n) is 10.5. The lowest BCUT2D eigenvalue weighted by Gasteiger charge is -2.30. The van der Waals surface area contributed by atoms with Gasteiger partial charge in [0.2, 0.25) is 0 Å². The molecule has 1 aliphatic rings. The average molecular weight is 398 g/mol. The van der Waals surface area contributed by atoms with Crippen molar-refractivity contribution < 1.29 is 9.53 Å². The molecule has 0 N–H and O–H groups in total. The van der Waals surface area contributed by atoms with E-state index in [0.717, 1.165) is 24.0 Å². The maximum atomic E-state index is 13.3. The summed E-state index contributed by atoms with van der Waals surface area (Å²) in [5.41, 5.74) is 4.34. The molecule has 3 aromatic carbocycles. The molecule has 152 valence electrons. The number of nitrogens with zero attached hydrogens (tertiary/aromatic N) is 1. The molecule has 30 heavy (non-hydrogen) atoms. The summed E-state index contributed by atoms with van der Waals surface area (Å²) < 4.78 is 5.92. The van der Waals surface area contributed by atoms with Crippen LogP contribution in [0, 0.1) is 0 Å². The standard InChI is InChI=1S/C27H27NO2/c29-27(25-14-8-3-9-15-25)28(19-22-10-4-1-5-11-22)26-17-16-24(18-26)21-30-20-23-12-6-2-7-13-23/h1-16,26H,17-21H2. The van der Waals surface area contributed by atoms with E-state index in [9.17, 15) is 4.79 Å². The third-order valence-corrected chi connectivity index (χ3v) is 5.49. The van der Waals surface area contributed by atoms with E-state index in [0.29, 0.717) is 19.8 Å². The fourth-order valence-electron chi connectivity index (χ4n) is 3.89. The van der Waals surface area contributed by atoms with Gasteiger partial charge in [-0.05, 0) is 41.7 Å². The molecule has 1 atom stereocenters. The van der Waals surface area contributed by atoms with Crippen molar-refractivity contribution in [2.45, 2.75) is 32.0 Å². The summed E-state index contributed by atoms with van der Waals surface area (Å²) in [6.07, 6.45) is 3.97. The highest BCUT2D eigenvalue weighted by atomic mass is 16.5. The molecule has 3 aromatic rings. The second-order valence-corrected chi connectivity index (χ2v) is 7.72. The van der Waals surface area contributed by atoms with Crippen LogP contribution in [-0.2, 0) is 17.9 Å². The van der Waals surface area contributed by atoms with Crippen molar-refractivity contribution in [2.24, 2.45) is 0 Å². The SMILES string of the molecule is O=C(c1ccccc1)N(Cc1ccccc1)C1CC=C(COCc2ccccc2)C1. The van der Waals surface area contributed by atoms with Gasteiger partial charge in [0, 0.05) is 18.2 Å². The van der Waals surface area contributed by atoms with Gasteiger partial charge in [0.25, 0.3) is 5.91 Å². The molecule has 0 saturated heterocycles. The van der Waals surface area contributed by atoms with Gasteiger partial charge >= 0.3 is 0 Å². The largest absolute Gasteiger partial charge is 0.372 e. The van der Waals surface area contributed by atoms with Crippen LogP contribution >= 0.6 is 0 Å². The molecule has 3 heteroatoms. The lowest BCUT2D eigenvalue weighted by atomic mass is 10.1. The highest BCUT2D eigenvalue weighted by Crippen LogP contribution is 2.27. The zero-order chi connectivity index (χ0) is 20.6. The summed E-state index contributed by atoms with van der Waals surface area (Å²) in [7, 11) is 0. The second-order valence-electron chi connectivity index (χ2n) is 7.72. The molecule has 0 saturated carbocycles. The number of hydrogen-bond acceptors (Lipinski definition) is 2. The summed E-state index contributed by atoms with van der Waals surface area (Å²) in [5.74, 6) is 0.0873. The maximum absolute atomic E-state index is 13.3. The van der Waals surface area contributed by atoms with Crippen LogP contribution in [0.3, 0.4) is 0 Å². The number of amides is 1. The lowest BCUT2D eigenvalue weighted by Crippen LogP contribution is -2.38. The first kappa shape index (κ1) is 20.1. The van der Waals surface area contributed by atoms with Crippen LogP contribution in [0.5, 0.6) is 0 Å². The highest BCUT2D eigenvalue weighted by molar-refractivity contribution is 5.94. The van der Waals surface area contributed by atoms with Crippen molar-refractivity contribution in [1.82, 2.24) is 4.90 Å². The molecule has 1 aliphatic carbocycles. The summed E-state index contributed by atoms with van der Waals surface area (Å²) in [4.78, 5) is 15.3. The van der Waals surface area contributed by atoms with Gasteiger partial charge in [0.15, 0.2) is 0 Å². The van der Waals surface area contributed by atoms with Crippen molar-refractivity contribution in [2.75, 3.05) is 6.61 Å². The minimum atomic E-state index is 0.0873. The molecule has 0 aromatic heterocycles. The smallest absolute Gasteiger partial charge is 0.254 e. The van der Waals surface area contributed by atoms with E-state index in [1.165, 1.54) is 11.1 Å². The fraction of sp³-hybridized carbons (Fsp3) is 0.222. The molecular weight excluding hydrogens is 370 g/mol. The van der Waals surface area contributed by atoms with Crippen LogP contribution in [0.1, 0.15) is 34.3 Å². The first-order valence-corrected chi connectivity index (χ1v) is 10.5. The Balaban J connectivity index is 1.40. The van der Waals surface area contributed by atoms with Crippen molar-refractivity contribution in [1.29, 1.82) is 0 Å². The van der Waals surface area contributed by atoms with Gasteiger partial charge in [-0.1, -0.05) is 84.9 Å². The van der Waals surface area contributed by atoms with Gasteiger partial charge in [0.05, 0.1) is 13.2 Å². The maximum Gasteiger partial charge on any atom is 0.254 e. The zero-order valence-corrected chi connectivity index (χ0v) is 17.1. The lowest BCUT2D eigenvalue weighted by molar-refractivity contribution is 0.0663. The van der Waals surface area contributed by atoms with Crippen molar-refractivity contribution >= 4 is 5.91 Å². The molecule has 1 unspecified atom stereocenters. The van der Waals surface area contributed by atoms with Gasteiger partial charge in [-0.15, -0.1) is 0 Å². The Kier molecular flexibility index (Phi) is 6.73. The van der Waals surface area contributed by atoms with E-state index in [1.54, 1.807) is 0 Å². The topological polar surface area (TPSA) is 29.5 Å². The normalized spacial score (nSPS) is 15.6. The number of hydrogen-bond donors (Lipinski definition) is 0. The van der Waals surface area contributed by atoms with E-state index < -0.39 is 0 Å². The van der Waals surface area contributed by atoms with E-state index in [1.807, 2.05) is 71.6 Å². The Hall–Kier alpha value is -3.17. The summed E-state index contributed by atoms with van der Waals surface area (Å²) in [6.45, 7) is 1.84. The number of ether oxygens (including phenoxy) is 1. The van der Waals surface area contributed by atoms with Gasteiger partial charge in [0.1, 0.15) is 0 Å². The summed E-state index contributed by atoms with van der Waals surface area (Å²) in [6, 6.07) is 30.2. The van der Waals surface area contributed by atoms with Crippen LogP contribution in [0.4, 0.5) is 0 Å². The molecule has 3 nitrogen and oxygen atoms in total. The molecule has 0 aliphatic heterocycles. The van der Waals surface area contributed by atoms with Crippen LogP contribution in [0.2, 0.25) is 0 Å². The number of benzene rings is 3. The Morgan fingerprint density at radius 3 is 2.07 bits per heavy atom. The van der Waals surface area contributed by atoms with E-state index in [4.69, 9.17) is 4.74 Å². The third kappa shape index (κ3) is 5.25. The number of carbonyl (C=O) groups is 1. The highest BCUT2D eigenvalue weighted by Gasteiger charge is 2.28. The van der Waals surface area contributed by atoms with E-state index >= 15 is 0 Å². The molecule has 4 rings (SSSR count). The predicted molar refractivity (Wildman–Crippen MR) is 120 cm³/mol. The predicted octanol–water partition coefficient (Wildman–Crippen LogP) is 5.63. The zero-order valence-electron chi connectivity index (χ0n) is 17.1.